The van der Waals surface area contributed by atoms with Crippen LogP contribution in [-0.4, -0.2) is 38.1 Å². The van der Waals surface area contributed by atoms with Crippen molar-refractivity contribution in [2.75, 3.05) is 32.5 Å². The standard InChI is InChI=1S/C15H18O.C12H25N.C7H10N2S.C3H8O.C2H6/c1-3-5-14(6-4-2)15-9-7-13(8-10-15)11-12-16;1-3-9-13-10-8-12-6-4-11(2)5-7-12;8-7-9-5-3-1-2-4-6(5)10-7;1-3-4-2;1-2/h3,5-10,12H,4,11H2,1-2H3;11-13H,3-10H2,1-2H3;1-4H2,(H2,8,9);3H2,1-2H3;1-2H3/b5-3-,14-6+;;;;. The molecule has 0 saturated heterocycles. The maximum atomic E-state index is 10.4. The van der Waals surface area contributed by atoms with Crippen LogP contribution in [0.25, 0.3) is 5.57 Å². The molecule has 256 valence electrons. The molecule has 0 spiro atoms. The van der Waals surface area contributed by atoms with E-state index in [1.165, 1.54) is 92.6 Å². The maximum Gasteiger partial charge on any atom is 0.180 e. The van der Waals surface area contributed by atoms with E-state index >= 15 is 0 Å². The topological polar surface area (TPSA) is 77.2 Å². The third-order valence-corrected chi connectivity index (χ3v) is 8.81. The number of nitrogen functional groups attached to an aromatic ring is 1. The first kappa shape index (κ1) is 42.7. The summed E-state index contributed by atoms with van der Waals surface area (Å²) in [6, 6.07) is 8.16. The van der Waals surface area contributed by atoms with Gasteiger partial charge in [-0.25, -0.2) is 4.98 Å². The van der Waals surface area contributed by atoms with Crippen LogP contribution in [0.3, 0.4) is 0 Å². The van der Waals surface area contributed by atoms with Crippen LogP contribution in [0, 0.1) is 11.8 Å². The molecule has 0 atom stereocenters. The van der Waals surface area contributed by atoms with Crippen molar-refractivity contribution >= 4 is 28.3 Å². The molecule has 45 heavy (non-hydrogen) atoms. The molecule has 1 heterocycles. The molecule has 1 fully saturated rings. The van der Waals surface area contributed by atoms with E-state index in [1.807, 2.05) is 45.9 Å². The van der Waals surface area contributed by atoms with Crippen LogP contribution in [0.5, 0.6) is 0 Å². The number of carbonyl (C=O) groups excluding carboxylic acids is 1. The second kappa shape index (κ2) is 29.1. The fraction of sp³-hybridized carbons (Fsp3) is 0.641. The number of aryl methyl sites for hydroxylation is 2. The number of rotatable bonds is 11. The van der Waals surface area contributed by atoms with E-state index < -0.39 is 0 Å². The number of fused-ring (bicyclic) bond motifs is 1. The third-order valence-electron chi connectivity index (χ3n) is 7.82. The highest BCUT2D eigenvalue weighted by atomic mass is 32.1. The zero-order chi connectivity index (χ0) is 33.7. The lowest BCUT2D eigenvalue weighted by Crippen LogP contribution is -2.21. The average Bonchev–Trinajstić information content (AvgIpc) is 3.46. The van der Waals surface area contributed by atoms with Crippen LogP contribution in [0.1, 0.15) is 128 Å². The molecule has 2 aliphatic carbocycles. The zero-order valence-electron chi connectivity index (χ0n) is 30.1. The lowest BCUT2D eigenvalue weighted by molar-refractivity contribution is -0.107. The van der Waals surface area contributed by atoms with Crippen LogP contribution >= 0.6 is 11.3 Å². The summed E-state index contributed by atoms with van der Waals surface area (Å²) < 4.78 is 4.54. The summed E-state index contributed by atoms with van der Waals surface area (Å²) in [7, 11) is 1.68. The molecule has 5 nitrogen and oxygen atoms in total. The predicted molar refractivity (Wildman–Crippen MR) is 200 cm³/mol. The number of allylic oxidation sites excluding steroid dienone is 4. The Balaban J connectivity index is 0.000000602. The number of aldehydes is 1. The molecule has 6 heteroatoms. The minimum Gasteiger partial charge on any atom is -0.385 e. The molecule has 0 bridgehead atoms. The third kappa shape index (κ3) is 20.5. The van der Waals surface area contributed by atoms with E-state index in [-0.39, 0.29) is 0 Å². The van der Waals surface area contributed by atoms with E-state index in [4.69, 9.17) is 5.73 Å². The Kier molecular flexibility index (Phi) is 27.7. The summed E-state index contributed by atoms with van der Waals surface area (Å²) in [5.41, 5.74) is 10.3. The van der Waals surface area contributed by atoms with Crippen molar-refractivity contribution in [3.8, 4) is 0 Å². The van der Waals surface area contributed by atoms with Crippen LogP contribution < -0.4 is 11.1 Å². The van der Waals surface area contributed by atoms with Gasteiger partial charge in [-0.15, -0.1) is 11.3 Å². The number of hydrogen-bond acceptors (Lipinski definition) is 6. The second-order valence-electron chi connectivity index (χ2n) is 11.5. The first-order valence-corrected chi connectivity index (χ1v) is 18.5. The quantitative estimate of drug-likeness (QED) is 0.145. The molecule has 2 aliphatic rings. The van der Waals surface area contributed by atoms with Gasteiger partial charge >= 0.3 is 0 Å². The number of nitrogens with zero attached hydrogens (tertiary/aromatic N) is 1. The Hall–Kier alpha value is -2.28. The van der Waals surface area contributed by atoms with E-state index in [0.717, 1.165) is 48.3 Å². The Labute approximate surface area is 281 Å². The number of methoxy groups -OCH3 is 1. The largest absolute Gasteiger partial charge is 0.385 e. The average molecular weight is 642 g/mol. The lowest BCUT2D eigenvalue weighted by Gasteiger charge is -2.26. The second-order valence-corrected chi connectivity index (χ2v) is 12.6. The highest BCUT2D eigenvalue weighted by Gasteiger charge is 2.17. The SMILES string of the molecule is C/C=C\C(=C/CC)c1ccc(CC=O)cc1.CC.CCCNCCC1CCC(C)CC1.CCOC.Nc1nc2c(s1)CCCC2. The number of carbonyl (C=O) groups is 1. The minimum atomic E-state index is 0.497. The normalized spacial score (nSPS) is 17.2. The molecule has 1 aromatic carbocycles. The van der Waals surface area contributed by atoms with Crippen LogP contribution in [-0.2, 0) is 28.8 Å². The van der Waals surface area contributed by atoms with Gasteiger partial charge in [-0.2, -0.15) is 0 Å². The van der Waals surface area contributed by atoms with Gasteiger partial charge in [-0.05, 0) is 100 Å². The molecule has 2 aromatic rings. The van der Waals surface area contributed by atoms with Crippen molar-refractivity contribution in [3.05, 3.63) is 64.2 Å². The molecule has 0 aliphatic heterocycles. The first-order valence-electron chi connectivity index (χ1n) is 17.7. The summed E-state index contributed by atoms with van der Waals surface area (Å²) >= 11 is 1.66. The number of thiazole rings is 1. The van der Waals surface area contributed by atoms with Gasteiger partial charge in [0.2, 0.25) is 0 Å². The molecule has 1 aromatic heterocycles. The predicted octanol–water partition coefficient (Wildman–Crippen LogP) is 10.3. The highest BCUT2D eigenvalue weighted by Crippen LogP contribution is 2.30. The summed E-state index contributed by atoms with van der Waals surface area (Å²) in [6.45, 7) is 18.0. The summed E-state index contributed by atoms with van der Waals surface area (Å²) in [6.07, 6.45) is 22.3. The molecular weight excluding hydrogens is 575 g/mol. The summed E-state index contributed by atoms with van der Waals surface area (Å²) in [4.78, 5) is 16.0. The van der Waals surface area contributed by atoms with Gasteiger partial charge in [0, 0.05) is 25.0 Å². The molecule has 4 rings (SSSR count). The smallest absolute Gasteiger partial charge is 0.180 e. The number of nitrogens with one attached hydrogen (secondary N) is 1. The van der Waals surface area contributed by atoms with Crippen molar-refractivity contribution < 1.29 is 9.53 Å². The number of benzene rings is 1. The van der Waals surface area contributed by atoms with Crippen molar-refractivity contribution in [1.82, 2.24) is 10.3 Å². The molecule has 0 unspecified atom stereocenters. The molecule has 0 amide bonds. The van der Waals surface area contributed by atoms with Crippen molar-refractivity contribution in [3.63, 3.8) is 0 Å². The van der Waals surface area contributed by atoms with Gasteiger partial charge in [0.15, 0.2) is 5.13 Å². The summed E-state index contributed by atoms with van der Waals surface area (Å²) in [5, 5.41) is 4.24. The number of anilines is 1. The number of nitrogens with two attached hydrogens (primary N) is 1. The maximum absolute atomic E-state index is 10.4. The van der Waals surface area contributed by atoms with E-state index in [2.05, 4.69) is 60.1 Å². The van der Waals surface area contributed by atoms with Gasteiger partial charge in [0.1, 0.15) is 6.29 Å². The lowest BCUT2D eigenvalue weighted by atomic mass is 9.81. The fourth-order valence-corrected chi connectivity index (χ4v) is 6.13. The van der Waals surface area contributed by atoms with Crippen LogP contribution in [0.15, 0.2) is 42.5 Å². The van der Waals surface area contributed by atoms with Gasteiger partial charge in [-0.3, -0.25) is 0 Å². The minimum absolute atomic E-state index is 0.497. The Morgan fingerprint density at radius 1 is 1.04 bits per heavy atom. The van der Waals surface area contributed by atoms with Crippen molar-refractivity contribution in [1.29, 1.82) is 0 Å². The Bertz CT molecular complexity index is 996. The Morgan fingerprint density at radius 2 is 1.69 bits per heavy atom. The zero-order valence-corrected chi connectivity index (χ0v) is 30.9. The Morgan fingerprint density at radius 3 is 2.22 bits per heavy atom. The molecule has 0 radical (unpaired) electrons. The van der Waals surface area contributed by atoms with Gasteiger partial charge in [-0.1, -0.05) is 103 Å². The number of aromatic nitrogens is 1. The van der Waals surface area contributed by atoms with Crippen molar-refractivity contribution in [2.24, 2.45) is 11.8 Å². The fourth-order valence-electron chi connectivity index (χ4n) is 5.21. The van der Waals surface area contributed by atoms with E-state index in [9.17, 15) is 4.79 Å². The van der Waals surface area contributed by atoms with Crippen molar-refractivity contribution in [2.45, 2.75) is 126 Å². The van der Waals surface area contributed by atoms with E-state index in [0.29, 0.717) is 6.42 Å². The number of hydrogen-bond donors (Lipinski definition) is 2. The number of ether oxygens (including phenoxy) is 1. The molecule has 1 saturated carbocycles. The summed E-state index contributed by atoms with van der Waals surface area (Å²) in [5.74, 6) is 2.03. The van der Waals surface area contributed by atoms with Gasteiger partial charge < -0.3 is 20.6 Å². The molecule has 3 N–H and O–H groups in total. The van der Waals surface area contributed by atoms with Gasteiger partial charge in [0.25, 0.3) is 0 Å². The highest BCUT2D eigenvalue weighted by molar-refractivity contribution is 7.15. The van der Waals surface area contributed by atoms with Gasteiger partial charge in [0.05, 0.1) is 5.69 Å². The van der Waals surface area contributed by atoms with Crippen LogP contribution in [0.2, 0.25) is 0 Å². The van der Waals surface area contributed by atoms with Crippen LogP contribution in [0.4, 0.5) is 5.13 Å². The first-order chi connectivity index (χ1) is 21.9. The molecular formula is C39H67N3O2S. The van der Waals surface area contributed by atoms with E-state index in [1.54, 1.807) is 18.4 Å². The monoisotopic (exact) mass is 641 g/mol.